The Labute approximate surface area is 130 Å². The number of hydrazone groups is 1. The van der Waals surface area contributed by atoms with Crippen molar-refractivity contribution in [3.8, 4) is 0 Å². The van der Waals surface area contributed by atoms with Crippen LogP contribution in [-0.4, -0.2) is 33.9 Å². The molecule has 1 aliphatic carbocycles. The first kappa shape index (κ1) is 14.3. The van der Waals surface area contributed by atoms with Crippen molar-refractivity contribution in [1.82, 2.24) is 14.8 Å². The molecule has 1 aromatic heterocycles. The van der Waals surface area contributed by atoms with Crippen molar-refractivity contribution in [2.45, 2.75) is 31.7 Å². The molecule has 1 unspecified atom stereocenters. The molecule has 6 heteroatoms. The topological polar surface area (TPSA) is 45.8 Å². The van der Waals surface area contributed by atoms with E-state index < -0.39 is 0 Å². The Morgan fingerprint density at radius 3 is 2.81 bits per heavy atom. The lowest BCUT2D eigenvalue weighted by molar-refractivity contribution is 0.354. The molecule has 1 saturated carbocycles. The molecule has 1 aromatic rings. The number of halogens is 1. The van der Waals surface area contributed by atoms with Crippen LogP contribution in [0.15, 0.2) is 28.4 Å². The van der Waals surface area contributed by atoms with Gasteiger partial charge in [0.15, 0.2) is 0 Å². The van der Waals surface area contributed by atoms with Crippen LogP contribution >= 0.6 is 11.6 Å². The zero-order valence-corrected chi connectivity index (χ0v) is 13.1. The van der Waals surface area contributed by atoms with Gasteiger partial charge in [0, 0.05) is 26.4 Å². The Hall–Kier alpha value is -1.62. The van der Waals surface area contributed by atoms with Crippen molar-refractivity contribution in [2.24, 2.45) is 23.1 Å². The van der Waals surface area contributed by atoms with E-state index >= 15 is 0 Å². The molecule has 2 heterocycles. The average Bonchev–Trinajstić information content (AvgIpc) is 3.14. The number of rotatable bonds is 5. The quantitative estimate of drug-likeness (QED) is 0.619. The molecule has 0 amide bonds. The number of hydrogen-bond donors (Lipinski definition) is 0. The highest BCUT2D eigenvalue weighted by molar-refractivity contribution is 6.31. The molecule has 0 spiro atoms. The highest BCUT2D eigenvalue weighted by atomic mass is 35.5. The van der Waals surface area contributed by atoms with Crippen molar-refractivity contribution in [1.29, 1.82) is 0 Å². The summed E-state index contributed by atoms with van der Waals surface area (Å²) < 4.78 is 1.73. The second kappa shape index (κ2) is 5.64. The third kappa shape index (κ3) is 2.88. The van der Waals surface area contributed by atoms with Gasteiger partial charge in [0.25, 0.3) is 0 Å². The maximum atomic E-state index is 6.25. The average molecular weight is 306 g/mol. The van der Waals surface area contributed by atoms with Crippen LogP contribution in [0, 0.1) is 5.92 Å². The number of aryl methyl sites for hydroxylation is 1. The Bertz CT molecular complexity index is 599. The van der Waals surface area contributed by atoms with Gasteiger partial charge in [-0.1, -0.05) is 23.8 Å². The Kier molecular flexibility index (Phi) is 3.85. The first-order chi connectivity index (χ1) is 10.1. The lowest BCUT2D eigenvalue weighted by Crippen LogP contribution is -2.23. The van der Waals surface area contributed by atoms with E-state index in [-0.39, 0.29) is 6.04 Å². The maximum Gasteiger partial charge on any atom is 0.121 e. The zero-order valence-electron chi connectivity index (χ0n) is 12.3. The van der Waals surface area contributed by atoms with E-state index in [2.05, 4.69) is 28.5 Å². The second-order valence-electron chi connectivity index (χ2n) is 5.74. The summed E-state index contributed by atoms with van der Waals surface area (Å²) in [5.41, 5.74) is 2.07. The SMILES string of the molecule is C=NN1/C(=N\CC(=C)C2CC2)CCC1c1nn(C)cc1Cl. The van der Waals surface area contributed by atoms with Gasteiger partial charge in [-0.3, -0.25) is 9.67 Å². The number of aliphatic imine (C=N–C) groups is 1. The summed E-state index contributed by atoms with van der Waals surface area (Å²) in [6.07, 6.45) is 6.11. The molecule has 0 aromatic carbocycles. The van der Waals surface area contributed by atoms with Crippen molar-refractivity contribution in [3.63, 3.8) is 0 Å². The zero-order chi connectivity index (χ0) is 15.0. The molecule has 1 aliphatic heterocycles. The van der Waals surface area contributed by atoms with Crippen molar-refractivity contribution >= 4 is 24.2 Å². The number of hydrogen-bond acceptors (Lipinski definition) is 3. The fraction of sp³-hybridized carbons (Fsp3) is 0.533. The molecule has 21 heavy (non-hydrogen) atoms. The minimum Gasteiger partial charge on any atom is -0.274 e. The summed E-state index contributed by atoms with van der Waals surface area (Å²) in [5, 5.41) is 11.1. The van der Waals surface area contributed by atoms with Crippen LogP contribution in [0.25, 0.3) is 0 Å². The van der Waals surface area contributed by atoms with Crippen LogP contribution in [-0.2, 0) is 7.05 Å². The third-order valence-corrected chi connectivity index (χ3v) is 4.39. The molecule has 2 fully saturated rings. The van der Waals surface area contributed by atoms with Crippen LogP contribution in [0.5, 0.6) is 0 Å². The first-order valence-electron chi connectivity index (χ1n) is 7.26. The summed E-state index contributed by atoms with van der Waals surface area (Å²) in [4.78, 5) is 4.68. The van der Waals surface area contributed by atoms with Gasteiger partial charge in [-0.25, -0.2) is 5.01 Å². The van der Waals surface area contributed by atoms with Gasteiger partial charge < -0.3 is 0 Å². The molecule has 0 bridgehead atoms. The van der Waals surface area contributed by atoms with Crippen molar-refractivity contribution in [3.05, 3.63) is 29.1 Å². The standard InChI is InChI=1S/C15H20ClN5/c1-10(11-4-5-11)8-18-14-7-6-13(21(14)17-2)15-12(16)9-20(3)19-15/h9,11,13H,1-2,4-8H2,3H3/b18-14-. The van der Waals surface area contributed by atoms with E-state index in [9.17, 15) is 0 Å². The van der Waals surface area contributed by atoms with E-state index in [1.165, 1.54) is 18.4 Å². The minimum absolute atomic E-state index is 0.0316. The normalized spacial score (nSPS) is 23.8. The molecule has 1 atom stereocenters. The molecule has 1 saturated heterocycles. The molecule has 3 rings (SSSR count). The van der Waals surface area contributed by atoms with Gasteiger partial charge >= 0.3 is 0 Å². The number of amidine groups is 1. The summed E-state index contributed by atoms with van der Waals surface area (Å²) in [5.74, 6) is 1.64. The second-order valence-corrected chi connectivity index (χ2v) is 6.15. The molecule has 5 nitrogen and oxygen atoms in total. The monoisotopic (exact) mass is 305 g/mol. The van der Waals surface area contributed by atoms with Crippen molar-refractivity contribution < 1.29 is 0 Å². The van der Waals surface area contributed by atoms with E-state index in [4.69, 9.17) is 11.6 Å². The molecule has 0 N–H and O–H groups in total. The molecular formula is C15H20ClN5. The molecular weight excluding hydrogens is 286 g/mol. The van der Waals surface area contributed by atoms with Gasteiger partial charge in [0.1, 0.15) is 11.5 Å². The van der Waals surface area contributed by atoms with Crippen molar-refractivity contribution in [2.75, 3.05) is 6.54 Å². The van der Waals surface area contributed by atoms with Gasteiger partial charge in [-0.15, -0.1) is 0 Å². The van der Waals surface area contributed by atoms with Crippen LogP contribution in [0.2, 0.25) is 5.02 Å². The Balaban J connectivity index is 1.76. The summed E-state index contributed by atoms with van der Waals surface area (Å²) >= 11 is 6.25. The van der Waals surface area contributed by atoms with E-state index in [0.29, 0.717) is 17.5 Å². The number of nitrogens with zero attached hydrogens (tertiary/aromatic N) is 5. The van der Waals surface area contributed by atoms with Gasteiger partial charge in [-0.2, -0.15) is 10.2 Å². The largest absolute Gasteiger partial charge is 0.274 e. The fourth-order valence-corrected chi connectivity index (χ4v) is 3.09. The van der Waals surface area contributed by atoms with Crippen LogP contribution in [0.1, 0.15) is 37.4 Å². The lowest BCUT2D eigenvalue weighted by atomic mass is 10.1. The van der Waals surface area contributed by atoms with Crippen LogP contribution in [0.4, 0.5) is 0 Å². The van der Waals surface area contributed by atoms with Crippen LogP contribution in [0.3, 0.4) is 0 Å². The highest BCUT2D eigenvalue weighted by Crippen LogP contribution is 2.37. The predicted octanol–water partition coefficient (Wildman–Crippen LogP) is 3.19. The van der Waals surface area contributed by atoms with Gasteiger partial charge in [0.05, 0.1) is 17.6 Å². The molecule has 2 aliphatic rings. The van der Waals surface area contributed by atoms with E-state index in [0.717, 1.165) is 24.4 Å². The van der Waals surface area contributed by atoms with Gasteiger partial charge in [-0.05, 0) is 25.2 Å². The molecule has 112 valence electrons. The maximum absolute atomic E-state index is 6.25. The smallest absolute Gasteiger partial charge is 0.121 e. The molecule has 0 radical (unpaired) electrons. The Morgan fingerprint density at radius 2 is 2.24 bits per heavy atom. The predicted molar refractivity (Wildman–Crippen MR) is 85.7 cm³/mol. The summed E-state index contributed by atoms with van der Waals surface area (Å²) in [7, 11) is 1.87. The highest BCUT2D eigenvalue weighted by Gasteiger charge is 2.34. The van der Waals surface area contributed by atoms with E-state index in [1.807, 2.05) is 18.3 Å². The van der Waals surface area contributed by atoms with E-state index in [1.54, 1.807) is 4.68 Å². The minimum atomic E-state index is 0.0316. The first-order valence-corrected chi connectivity index (χ1v) is 7.64. The summed E-state index contributed by atoms with van der Waals surface area (Å²) in [6, 6.07) is 0.0316. The summed E-state index contributed by atoms with van der Waals surface area (Å²) in [6.45, 7) is 8.48. The lowest BCUT2D eigenvalue weighted by Gasteiger charge is -2.20. The van der Waals surface area contributed by atoms with Crippen LogP contribution < -0.4 is 0 Å². The fourth-order valence-electron chi connectivity index (χ4n) is 2.78. The number of aromatic nitrogens is 2. The third-order valence-electron chi connectivity index (χ3n) is 4.10. The van der Waals surface area contributed by atoms with Gasteiger partial charge in [0.2, 0.25) is 0 Å². The Morgan fingerprint density at radius 1 is 1.48 bits per heavy atom.